The smallest absolute Gasteiger partial charge is 0.265 e. The third-order valence-corrected chi connectivity index (χ3v) is 4.70. The van der Waals surface area contributed by atoms with Crippen LogP contribution in [0.3, 0.4) is 0 Å². The number of aryl methyl sites for hydroxylation is 1. The second-order valence-corrected chi connectivity index (χ2v) is 6.43. The topological polar surface area (TPSA) is 59.3 Å². The van der Waals surface area contributed by atoms with Crippen molar-refractivity contribution >= 4 is 12.1 Å². The van der Waals surface area contributed by atoms with Gasteiger partial charge in [-0.1, -0.05) is 42.5 Å². The van der Waals surface area contributed by atoms with Crippen molar-refractivity contribution in [2.24, 2.45) is 5.10 Å². The molecule has 0 spiro atoms. The van der Waals surface area contributed by atoms with E-state index in [0.29, 0.717) is 5.69 Å². The summed E-state index contributed by atoms with van der Waals surface area (Å²) in [6, 6.07) is 17.8. The molecular formula is C21H20N4O. The van der Waals surface area contributed by atoms with Crippen LogP contribution in [0, 0.1) is 6.92 Å². The third kappa shape index (κ3) is 3.04. The molecule has 0 saturated carbocycles. The quantitative estimate of drug-likeness (QED) is 0.582. The van der Waals surface area contributed by atoms with Crippen LogP contribution in [0.25, 0.3) is 5.69 Å². The molecule has 1 aromatic heterocycles. The molecule has 1 heterocycles. The number of amides is 1. The maximum atomic E-state index is 12.6. The first kappa shape index (κ1) is 16.3. The summed E-state index contributed by atoms with van der Waals surface area (Å²) in [6.45, 7) is 2.01. The molecule has 0 saturated heterocycles. The summed E-state index contributed by atoms with van der Waals surface area (Å²) in [5, 5.41) is 8.69. The molecule has 130 valence electrons. The van der Waals surface area contributed by atoms with Crippen LogP contribution in [0.1, 0.15) is 39.3 Å². The van der Waals surface area contributed by atoms with Gasteiger partial charge in [0.15, 0.2) is 5.69 Å². The fourth-order valence-electron chi connectivity index (χ4n) is 3.35. The molecule has 0 bridgehead atoms. The van der Waals surface area contributed by atoms with E-state index in [0.717, 1.165) is 47.3 Å². The Morgan fingerprint density at radius 3 is 2.69 bits per heavy atom. The number of nitrogens with one attached hydrogen (secondary N) is 1. The van der Waals surface area contributed by atoms with Gasteiger partial charge in [-0.15, -0.1) is 0 Å². The molecule has 0 fully saturated rings. The number of hydrazone groups is 1. The van der Waals surface area contributed by atoms with Gasteiger partial charge in [0, 0.05) is 11.3 Å². The molecule has 1 aliphatic rings. The van der Waals surface area contributed by atoms with Gasteiger partial charge in [-0.25, -0.2) is 10.1 Å². The lowest BCUT2D eigenvalue weighted by Crippen LogP contribution is -2.20. The highest BCUT2D eigenvalue weighted by molar-refractivity contribution is 5.95. The van der Waals surface area contributed by atoms with Gasteiger partial charge in [0.25, 0.3) is 5.91 Å². The number of aromatic nitrogens is 2. The minimum Gasteiger partial charge on any atom is -0.265 e. The van der Waals surface area contributed by atoms with Crippen molar-refractivity contribution in [3.05, 3.63) is 82.7 Å². The van der Waals surface area contributed by atoms with Gasteiger partial charge in [0.05, 0.1) is 11.9 Å². The summed E-state index contributed by atoms with van der Waals surface area (Å²) in [5.41, 5.74) is 8.34. The zero-order valence-corrected chi connectivity index (χ0v) is 14.6. The fourth-order valence-corrected chi connectivity index (χ4v) is 3.35. The SMILES string of the molecule is Cc1ccccc1/C=N/NC(=O)c1nn(-c2ccccc2)c2c1CCC2. The maximum Gasteiger partial charge on any atom is 0.292 e. The van der Waals surface area contributed by atoms with Crippen LogP contribution in [0.4, 0.5) is 0 Å². The van der Waals surface area contributed by atoms with E-state index < -0.39 is 0 Å². The Balaban J connectivity index is 1.58. The van der Waals surface area contributed by atoms with Crippen LogP contribution < -0.4 is 5.43 Å². The second kappa shape index (κ2) is 6.96. The average molecular weight is 344 g/mol. The van der Waals surface area contributed by atoms with Gasteiger partial charge < -0.3 is 0 Å². The number of fused-ring (bicyclic) bond motifs is 1. The standard InChI is InChI=1S/C21H20N4O/c1-15-8-5-6-9-16(15)14-22-23-21(26)20-18-12-7-13-19(18)25(24-20)17-10-3-2-4-11-17/h2-6,8-11,14H,7,12-13H2,1H3,(H,23,26)/b22-14+. The molecule has 3 aromatic rings. The van der Waals surface area contributed by atoms with Gasteiger partial charge in [-0.3, -0.25) is 4.79 Å². The van der Waals surface area contributed by atoms with Crippen molar-refractivity contribution in [1.82, 2.24) is 15.2 Å². The molecule has 0 atom stereocenters. The number of para-hydroxylation sites is 1. The summed E-state index contributed by atoms with van der Waals surface area (Å²) in [6.07, 6.45) is 4.54. The van der Waals surface area contributed by atoms with Gasteiger partial charge in [-0.05, 0) is 49.4 Å². The van der Waals surface area contributed by atoms with Crippen molar-refractivity contribution in [2.45, 2.75) is 26.2 Å². The second-order valence-electron chi connectivity index (χ2n) is 6.43. The van der Waals surface area contributed by atoms with E-state index in [1.807, 2.05) is 66.2 Å². The van der Waals surface area contributed by atoms with E-state index in [2.05, 4.69) is 15.6 Å². The van der Waals surface area contributed by atoms with Crippen LogP contribution in [0.2, 0.25) is 0 Å². The van der Waals surface area contributed by atoms with Crippen molar-refractivity contribution in [3.8, 4) is 5.69 Å². The molecule has 0 radical (unpaired) electrons. The Bertz CT molecular complexity index is 973. The molecule has 26 heavy (non-hydrogen) atoms. The Kier molecular flexibility index (Phi) is 4.35. The number of rotatable bonds is 4. The summed E-state index contributed by atoms with van der Waals surface area (Å²) in [5.74, 6) is -0.261. The molecule has 2 aromatic carbocycles. The molecule has 5 heteroatoms. The predicted molar refractivity (Wildman–Crippen MR) is 102 cm³/mol. The zero-order chi connectivity index (χ0) is 17.9. The lowest BCUT2D eigenvalue weighted by atomic mass is 10.1. The number of carbonyl (C=O) groups is 1. The van der Waals surface area contributed by atoms with Gasteiger partial charge in [0.1, 0.15) is 0 Å². The van der Waals surface area contributed by atoms with Crippen LogP contribution in [-0.2, 0) is 12.8 Å². The molecular weight excluding hydrogens is 324 g/mol. The van der Waals surface area contributed by atoms with Crippen LogP contribution in [0.5, 0.6) is 0 Å². The molecule has 0 unspecified atom stereocenters. The van der Waals surface area contributed by atoms with Crippen LogP contribution in [-0.4, -0.2) is 21.9 Å². The highest BCUT2D eigenvalue weighted by Gasteiger charge is 2.26. The average Bonchev–Trinajstić information content (AvgIpc) is 3.26. The lowest BCUT2D eigenvalue weighted by Gasteiger charge is -2.04. The minimum atomic E-state index is -0.261. The summed E-state index contributed by atoms with van der Waals surface area (Å²) >= 11 is 0. The normalized spacial score (nSPS) is 13.1. The highest BCUT2D eigenvalue weighted by atomic mass is 16.2. The van der Waals surface area contributed by atoms with E-state index in [1.165, 1.54) is 0 Å². The Hall–Kier alpha value is -3.21. The molecule has 0 aliphatic heterocycles. The highest BCUT2D eigenvalue weighted by Crippen LogP contribution is 2.27. The molecule has 5 nitrogen and oxygen atoms in total. The summed E-state index contributed by atoms with van der Waals surface area (Å²) in [4.78, 5) is 12.6. The Morgan fingerprint density at radius 2 is 1.88 bits per heavy atom. The molecule has 1 aliphatic carbocycles. The van der Waals surface area contributed by atoms with E-state index in [-0.39, 0.29) is 5.91 Å². The number of carbonyl (C=O) groups excluding carboxylic acids is 1. The molecule has 4 rings (SSSR count). The largest absolute Gasteiger partial charge is 0.292 e. The summed E-state index contributed by atoms with van der Waals surface area (Å²) in [7, 11) is 0. The molecule has 1 amide bonds. The fraction of sp³-hybridized carbons (Fsp3) is 0.190. The number of benzene rings is 2. The van der Waals surface area contributed by atoms with Crippen LogP contribution in [0.15, 0.2) is 59.7 Å². The first-order valence-corrected chi connectivity index (χ1v) is 8.79. The molecule has 1 N–H and O–H groups in total. The zero-order valence-electron chi connectivity index (χ0n) is 14.6. The van der Waals surface area contributed by atoms with E-state index in [1.54, 1.807) is 6.21 Å². The van der Waals surface area contributed by atoms with Crippen molar-refractivity contribution in [1.29, 1.82) is 0 Å². The van der Waals surface area contributed by atoms with E-state index in [9.17, 15) is 4.79 Å². The first-order chi connectivity index (χ1) is 12.7. The first-order valence-electron chi connectivity index (χ1n) is 8.79. The van der Waals surface area contributed by atoms with Crippen molar-refractivity contribution in [2.75, 3.05) is 0 Å². The van der Waals surface area contributed by atoms with Crippen molar-refractivity contribution < 1.29 is 4.79 Å². The van der Waals surface area contributed by atoms with Crippen LogP contribution >= 0.6 is 0 Å². The maximum absolute atomic E-state index is 12.6. The number of hydrogen-bond acceptors (Lipinski definition) is 3. The Labute approximate surface area is 152 Å². The predicted octanol–water partition coefficient (Wildman–Crippen LogP) is 3.43. The number of nitrogens with zero attached hydrogens (tertiary/aromatic N) is 3. The van der Waals surface area contributed by atoms with Crippen molar-refractivity contribution in [3.63, 3.8) is 0 Å². The third-order valence-electron chi connectivity index (χ3n) is 4.70. The van der Waals surface area contributed by atoms with E-state index in [4.69, 9.17) is 0 Å². The monoisotopic (exact) mass is 344 g/mol. The minimum absolute atomic E-state index is 0.261. The number of hydrogen-bond donors (Lipinski definition) is 1. The summed E-state index contributed by atoms with van der Waals surface area (Å²) < 4.78 is 1.89. The van der Waals surface area contributed by atoms with E-state index >= 15 is 0 Å². The lowest BCUT2D eigenvalue weighted by molar-refractivity contribution is 0.0949. The van der Waals surface area contributed by atoms with Gasteiger partial charge in [-0.2, -0.15) is 10.2 Å². The Morgan fingerprint density at radius 1 is 1.12 bits per heavy atom. The van der Waals surface area contributed by atoms with Gasteiger partial charge in [0.2, 0.25) is 0 Å². The van der Waals surface area contributed by atoms with Gasteiger partial charge >= 0.3 is 0 Å².